The van der Waals surface area contributed by atoms with Crippen molar-refractivity contribution in [1.29, 1.82) is 0 Å². The van der Waals surface area contributed by atoms with Crippen molar-refractivity contribution in [2.24, 2.45) is 0 Å². The van der Waals surface area contributed by atoms with Crippen molar-refractivity contribution in [1.82, 2.24) is 0 Å². The molecule has 2 aromatic carbocycles. The number of carbonyl (C=O) groups excluding carboxylic acids is 1. The Morgan fingerprint density at radius 3 is 2.19 bits per heavy atom. The van der Waals surface area contributed by atoms with Crippen LogP contribution >= 0.6 is 0 Å². The van der Waals surface area contributed by atoms with E-state index in [0.717, 1.165) is 5.75 Å². The van der Waals surface area contributed by atoms with Gasteiger partial charge in [0.15, 0.2) is 0 Å². The van der Waals surface area contributed by atoms with Gasteiger partial charge in [0.05, 0.1) is 12.7 Å². The van der Waals surface area contributed by atoms with Crippen molar-refractivity contribution in [3.63, 3.8) is 0 Å². The minimum Gasteiger partial charge on any atom is -0.465 e. The molecule has 0 unspecified atom stereocenters. The molecule has 0 N–H and O–H groups in total. The number of rotatable bonds is 3. The molecule has 0 heterocycles. The summed E-state index contributed by atoms with van der Waals surface area (Å²) in [6, 6.07) is 14.9. The van der Waals surface area contributed by atoms with Crippen LogP contribution in [-0.2, 0) is 10.2 Å². The molecule has 0 saturated heterocycles. The number of carbonyl (C=O) groups is 1. The van der Waals surface area contributed by atoms with Gasteiger partial charge in [0.2, 0.25) is 0 Å². The molecule has 0 bridgehead atoms. The number of benzene rings is 2. The number of hydrogen-bond donors (Lipinski definition) is 0. The van der Waals surface area contributed by atoms with E-state index in [1.54, 1.807) is 18.2 Å². The van der Waals surface area contributed by atoms with Crippen LogP contribution < -0.4 is 4.74 Å². The first-order valence-electron chi connectivity index (χ1n) is 6.87. The molecule has 3 nitrogen and oxygen atoms in total. The predicted molar refractivity (Wildman–Crippen MR) is 83.0 cm³/mol. The Morgan fingerprint density at radius 2 is 1.62 bits per heavy atom. The van der Waals surface area contributed by atoms with Crippen molar-refractivity contribution >= 4 is 5.97 Å². The highest BCUT2D eigenvalue weighted by Crippen LogP contribution is 2.27. The molecule has 0 aliphatic rings. The lowest BCUT2D eigenvalue weighted by atomic mass is 9.87. The molecule has 0 spiro atoms. The zero-order valence-corrected chi connectivity index (χ0v) is 12.8. The van der Waals surface area contributed by atoms with E-state index in [9.17, 15) is 4.79 Å². The van der Waals surface area contributed by atoms with Crippen LogP contribution in [0.1, 0.15) is 36.7 Å². The molecule has 0 saturated carbocycles. The van der Waals surface area contributed by atoms with Gasteiger partial charge >= 0.3 is 5.97 Å². The highest BCUT2D eigenvalue weighted by molar-refractivity contribution is 5.89. The van der Waals surface area contributed by atoms with Gasteiger partial charge in [-0.2, -0.15) is 0 Å². The van der Waals surface area contributed by atoms with Crippen molar-refractivity contribution in [2.75, 3.05) is 7.11 Å². The Labute approximate surface area is 125 Å². The summed E-state index contributed by atoms with van der Waals surface area (Å²) in [7, 11) is 1.36. The highest BCUT2D eigenvalue weighted by atomic mass is 16.5. The Bertz CT molecular complexity index is 622. The molecule has 0 atom stereocenters. The van der Waals surface area contributed by atoms with Gasteiger partial charge in [0, 0.05) is 0 Å². The van der Waals surface area contributed by atoms with Crippen LogP contribution in [0.3, 0.4) is 0 Å². The summed E-state index contributed by atoms with van der Waals surface area (Å²) in [6.45, 7) is 6.51. The third-order valence-electron chi connectivity index (χ3n) is 3.21. The van der Waals surface area contributed by atoms with Crippen LogP contribution in [-0.4, -0.2) is 13.1 Å². The van der Waals surface area contributed by atoms with E-state index >= 15 is 0 Å². The molecule has 0 fully saturated rings. The highest BCUT2D eigenvalue weighted by Gasteiger charge is 2.13. The van der Waals surface area contributed by atoms with Gasteiger partial charge in [-0.1, -0.05) is 39.0 Å². The SMILES string of the molecule is COC(=O)c1cccc(Oc2ccc(C(C)(C)C)cc2)c1. The van der Waals surface area contributed by atoms with Crippen LogP contribution in [0.2, 0.25) is 0 Å². The fraction of sp³-hybridized carbons (Fsp3) is 0.278. The van der Waals surface area contributed by atoms with Gasteiger partial charge in [0.25, 0.3) is 0 Å². The molecule has 0 aliphatic heterocycles. The minimum atomic E-state index is -0.372. The average molecular weight is 284 g/mol. The molecule has 2 aromatic rings. The number of esters is 1. The first-order valence-corrected chi connectivity index (χ1v) is 6.87. The van der Waals surface area contributed by atoms with Crippen LogP contribution in [0.5, 0.6) is 11.5 Å². The first kappa shape index (κ1) is 15.1. The maximum atomic E-state index is 11.5. The van der Waals surface area contributed by atoms with E-state index in [0.29, 0.717) is 11.3 Å². The summed E-state index contributed by atoms with van der Waals surface area (Å²) in [5.41, 5.74) is 1.84. The van der Waals surface area contributed by atoms with Crippen molar-refractivity contribution in [2.45, 2.75) is 26.2 Å². The second-order valence-electron chi connectivity index (χ2n) is 5.90. The van der Waals surface area contributed by atoms with Gasteiger partial charge in [-0.3, -0.25) is 0 Å². The Hall–Kier alpha value is -2.29. The molecular weight excluding hydrogens is 264 g/mol. The molecule has 0 aliphatic carbocycles. The summed E-state index contributed by atoms with van der Waals surface area (Å²) < 4.78 is 10.5. The Morgan fingerprint density at radius 1 is 0.952 bits per heavy atom. The Balaban J connectivity index is 2.17. The quantitative estimate of drug-likeness (QED) is 0.775. The minimum absolute atomic E-state index is 0.114. The lowest BCUT2D eigenvalue weighted by Crippen LogP contribution is -2.10. The van der Waals surface area contributed by atoms with Crippen LogP contribution in [0.25, 0.3) is 0 Å². The Kier molecular flexibility index (Phi) is 4.32. The monoisotopic (exact) mass is 284 g/mol. The fourth-order valence-electron chi connectivity index (χ4n) is 1.96. The topological polar surface area (TPSA) is 35.5 Å². The van der Waals surface area contributed by atoms with E-state index in [2.05, 4.69) is 32.9 Å². The van der Waals surface area contributed by atoms with E-state index in [4.69, 9.17) is 9.47 Å². The summed E-state index contributed by atoms with van der Waals surface area (Å²) in [6.07, 6.45) is 0. The normalized spacial score (nSPS) is 11.0. The maximum Gasteiger partial charge on any atom is 0.337 e. The lowest BCUT2D eigenvalue weighted by molar-refractivity contribution is 0.0600. The molecule has 110 valence electrons. The summed E-state index contributed by atoms with van der Waals surface area (Å²) in [5.74, 6) is 0.981. The van der Waals surface area contributed by atoms with Gasteiger partial charge < -0.3 is 9.47 Å². The van der Waals surface area contributed by atoms with Crippen molar-refractivity contribution < 1.29 is 14.3 Å². The number of methoxy groups -OCH3 is 1. The number of ether oxygens (including phenoxy) is 2. The second kappa shape index (κ2) is 6.00. The summed E-state index contributed by atoms with van der Waals surface area (Å²) in [5, 5.41) is 0. The van der Waals surface area contributed by atoms with E-state index in [-0.39, 0.29) is 11.4 Å². The predicted octanol–water partition coefficient (Wildman–Crippen LogP) is 4.56. The van der Waals surface area contributed by atoms with Gasteiger partial charge in [-0.15, -0.1) is 0 Å². The maximum absolute atomic E-state index is 11.5. The number of hydrogen-bond acceptors (Lipinski definition) is 3. The van der Waals surface area contributed by atoms with Crippen molar-refractivity contribution in [3.8, 4) is 11.5 Å². The van der Waals surface area contributed by atoms with Crippen LogP contribution in [0.15, 0.2) is 48.5 Å². The largest absolute Gasteiger partial charge is 0.465 e. The first-order chi connectivity index (χ1) is 9.90. The summed E-state index contributed by atoms with van der Waals surface area (Å²) >= 11 is 0. The molecule has 0 aromatic heterocycles. The lowest BCUT2D eigenvalue weighted by Gasteiger charge is -2.19. The van der Waals surface area contributed by atoms with Crippen molar-refractivity contribution in [3.05, 3.63) is 59.7 Å². The van der Waals surface area contributed by atoms with Gasteiger partial charge in [0.1, 0.15) is 11.5 Å². The molecular formula is C18H20O3. The third-order valence-corrected chi connectivity index (χ3v) is 3.21. The zero-order chi connectivity index (χ0) is 15.5. The third kappa shape index (κ3) is 3.85. The molecule has 2 rings (SSSR count). The molecule has 0 radical (unpaired) electrons. The van der Waals surface area contributed by atoms with E-state index in [1.165, 1.54) is 12.7 Å². The average Bonchev–Trinajstić information content (AvgIpc) is 2.46. The molecule has 0 amide bonds. The zero-order valence-electron chi connectivity index (χ0n) is 12.8. The van der Waals surface area contributed by atoms with Crippen LogP contribution in [0, 0.1) is 0 Å². The smallest absolute Gasteiger partial charge is 0.337 e. The second-order valence-corrected chi connectivity index (χ2v) is 5.90. The summed E-state index contributed by atoms with van der Waals surface area (Å²) in [4.78, 5) is 11.5. The van der Waals surface area contributed by atoms with E-state index < -0.39 is 0 Å². The van der Waals surface area contributed by atoms with E-state index in [1.807, 2.05) is 18.2 Å². The van der Waals surface area contributed by atoms with Gasteiger partial charge in [-0.05, 0) is 41.3 Å². The standard InChI is InChI=1S/C18H20O3/c1-18(2,3)14-8-10-15(11-9-14)21-16-7-5-6-13(12-16)17(19)20-4/h5-12H,1-4H3. The molecule has 21 heavy (non-hydrogen) atoms. The van der Waals surface area contributed by atoms with Gasteiger partial charge in [-0.25, -0.2) is 4.79 Å². The van der Waals surface area contributed by atoms with Crippen LogP contribution in [0.4, 0.5) is 0 Å². The fourth-order valence-corrected chi connectivity index (χ4v) is 1.96. The molecule has 3 heteroatoms.